The van der Waals surface area contributed by atoms with Crippen LogP contribution in [-0.4, -0.2) is 55.6 Å². The number of benzene rings is 2. The van der Waals surface area contributed by atoms with E-state index >= 15 is 0 Å². The minimum Gasteiger partial charge on any atom is -0.446 e. The fraction of sp³-hybridized carbons (Fsp3) is 0.581. The third-order valence-corrected chi connectivity index (χ3v) is 9.06. The molecule has 42 heavy (non-hydrogen) atoms. The maximum atomic E-state index is 14.0. The Morgan fingerprint density at radius 3 is 2.50 bits per heavy atom. The molecule has 232 valence electrons. The first-order valence-electron chi connectivity index (χ1n) is 14.6. The van der Waals surface area contributed by atoms with Crippen molar-refractivity contribution in [2.24, 2.45) is 23.7 Å². The number of hydrogen-bond donors (Lipinski definition) is 2. The van der Waals surface area contributed by atoms with Gasteiger partial charge in [0.25, 0.3) is 0 Å². The van der Waals surface area contributed by atoms with Gasteiger partial charge in [-0.2, -0.15) is 0 Å². The molecule has 1 saturated carbocycles. The van der Waals surface area contributed by atoms with Gasteiger partial charge in [0, 0.05) is 42.7 Å². The molecule has 6 atom stereocenters. The van der Waals surface area contributed by atoms with Gasteiger partial charge < -0.3 is 25.3 Å². The van der Waals surface area contributed by atoms with Crippen molar-refractivity contribution in [3.8, 4) is 0 Å². The summed E-state index contributed by atoms with van der Waals surface area (Å²) in [6, 6.07) is 9.02. The zero-order chi connectivity index (χ0) is 30.4. The SMILES string of the molecule is COC1OCC2CC(OC(=O)N[C@H](CCN(CC(C)C)Sc3ccc(N)cc3)Cc3cc(F)c(F)c(F)c3)C(C)CC21. The Hall–Kier alpha value is -2.47. The molecule has 3 N–H and O–H groups in total. The van der Waals surface area contributed by atoms with Gasteiger partial charge in [-0.15, -0.1) is 0 Å². The average molecular weight is 610 g/mol. The molecule has 1 saturated heterocycles. The third-order valence-electron chi connectivity index (χ3n) is 7.99. The molecule has 1 aliphatic heterocycles. The number of halogens is 3. The number of nitrogens with two attached hydrogens (primary N) is 1. The molecule has 0 aromatic heterocycles. The molecule has 11 heteroatoms. The smallest absolute Gasteiger partial charge is 0.407 e. The van der Waals surface area contributed by atoms with Crippen molar-refractivity contribution in [3.05, 3.63) is 59.4 Å². The summed E-state index contributed by atoms with van der Waals surface area (Å²) in [5, 5.41) is 2.94. The molecule has 0 radical (unpaired) electrons. The Kier molecular flexibility index (Phi) is 11.4. The Balaban J connectivity index is 1.44. The van der Waals surface area contributed by atoms with Gasteiger partial charge in [-0.05, 0) is 97.3 Å². The van der Waals surface area contributed by atoms with Gasteiger partial charge in [0.05, 0.1) is 6.61 Å². The number of rotatable bonds is 12. The van der Waals surface area contributed by atoms with E-state index in [1.807, 2.05) is 24.3 Å². The maximum Gasteiger partial charge on any atom is 0.407 e. The van der Waals surface area contributed by atoms with Crippen LogP contribution in [0, 0.1) is 41.1 Å². The first-order chi connectivity index (χ1) is 20.0. The van der Waals surface area contributed by atoms with Crippen LogP contribution in [0.1, 0.15) is 45.6 Å². The molecule has 2 aliphatic rings. The standard InChI is InChI=1S/C31H42F3N3O4S/c1-18(2)16-37(42-24-7-5-22(35)6-8-24)10-9-23(12-20-13-26(32)29(34)27(33)14-20)36-31(38)41-28-15-21-17-40-30(39-4)25(21)11-19(28)3/h5-8,13-14,18-19,21,23,25,28,30H,9-12,15-17,35H2,1-4H3,(H,36,38)/t19?,21?,23-,25?,28?,30?/m1/s1. The number of hydrogen-bond acceptors (Lipinski definition) is 7. The van der Waals surface area contributed by atoms with Crippen molar-refractivity contribution in [1.82, 2.24) is 9.62 Å². The van der Waals surface area contributed by atoms with E-state index in [9.17, 15) is 18.0 Å². The van der Waals surface area contributed by atoms with Crippen LogP contribution in [0.3, 0.4) is 0 Å². The van der Waals surface area contributed by atoms with Crippen LogP contribution in [0.2, 0.25) is 0 Å². The summed E-state index contributed by atoms with van der Waals surface area (Å²) in [5.41, 5.74) is 6.77. The van der Waals surface area contributed by atoms with Crippen LogP contribution in [0.15, 0.2) is 41.3 Å². The average Bonchev–Trinajstić information content (AvgIpc) is 3.32. The van der Waals surface area contributed by atoms with Gasteiger partial charge >= 0.3 is 6.09 Å². The number of carbonyl (C=O) groups is 1. The summed E-state index contributed by atoms with van der Waals surface area (Å²) in [6.45, 7) is 8.21. The number of amides is 1. The lowest BCUT2D eigenvalue weighted by Crippen LogP contribution is -2.44. The van der Waals surface area contributed by atoms with E-state index in [0.717, 1.165) is 30.0 Å². The van der Waals surface area contributed by atoms with Gasteiger partial charge in [0.2, 0.25) is 0 Å². The second kappa shape index (κ2) is 14.8. The highest BCUT2D eigenvalue weighted by atomic mass is 32.2. The van der Waals surface area contributed by atoms with E-state index in [1.54, 1.807) is 19.1 Å². The zero-order valence-corrected chi connectivity index (χ0v) is 25.5. The summed E-state index contributed by atoms with van der Waals surface area (Å²) in [4.78, 5) is 14.2. The Labute approximate surface area is 250 Å². The van der Waals surface area contributed by atoms with E-state index < -0.39 is 29.6 Å². The van der Waals surface area contributed by atoms with Gasteiger partial charge in [-0.25, -0.2) is 22.3 Å². The number of fused-ring (bicyclic) bond motifs is 1. The van der Waals surface area contributed by atoms with E-state index in [1.165, 1.54) is 0 Å². The van der Waals surface area contributed by atoms with Crippen LogP contribution in [-0.2, 0) is 20.6 Å². The highest BCUT2D eigenvalue weighted by molar-refractivity contribution is 7.97. The molecular formula is C31H42F3N3O4S. The van der Waals surface area contributed by atoms with Crippen molar-refractivity contribution < 1.29 is 32.2 Å². The third kappa shape index (κ3) is 8.78. The molecule has 0 spiro atoms. The topological polar surface area (TPSA) is 86.1 Å². The van der Waals surface area contributed by atoms with Crippen molar-refractivity contribution in [2.45, 2.75) is 69.8 Å². The summed E-state index contributed by atoms with van der Waals surface area (Å²) < 4.78 is 61.0. The van der Waals surface area contributed by atoms with Crippen molar-refractivity contribution >= 4 is 23.7 Å². The molecule has 7 nitrogen and oxygen atoms in total. The summed E-state index contributed by atoms with van der Waals surface area (Å²) in [6.07, 6.45) is 0.989. The number of carbonyl (C=O) groups excluding carboxylic acids is 1. The van der Waals surface area contributed by atoms with Crippen LogP contribution < -0.4 is 11.1 Å². The number of nitrogen functional groups attached to an aromatic ring is 1. The molecule has 2 fully saturated rings. The monoisotopic (exact) mass is 609 g/mol. The van der Waals surface area contributed by atoms with Crippen LogP contribution in [0.25, 0.3) is 0 Å². The van der Waals surface area contributed by atoms with Gasteiger partial charge in [-0.1, -0.05) is 20.8 Å². The Morgan fingerprint density at radius 2 is 1.86 bits per heavy atom. The molecule has 2 aromatic rings. The first kappa shape index (κ1) is 32.4. The van der Waals surface area contributed by atoms with Gasteiger partial charge in [0.1, 0.15) is 6.10 Å². The van der Waals surface area contributed by atoms with Crippen LogP contribution in [0.4, 0.5) is 23.7 Å². The number of alkyl carbamates (subject to hydrolysis) is 1. The van der Waals surface area contributed by atoms with Crippen molar-refractivity contribution in [2.75, 3.05) is 32.5 Å². The molecule has 0 bridgehead atoms. The Bertz CT molecular complexity index is 1170. The van der Waals surface area contributed by atoms with E-state index in [2.05, 4.69) is 30.4 Å². The predicted octanol–water partition coefficient (Wildman–Crippen LogP) is 6.41. The molecule has 1 heterocycles. The zero-order valence-electron chi connectivity index (χ0n) is 24.7. The molecular weight excluding hydrogens is 567 g/mol. The molecule has 2 aromatic carbocycles. The summed E-state index contributed by atoms with van der Waals surface area (Å²) >= 11 is 1.58. The number of methoxy groups -OCH3 is 1. The number of ether oxygens (including phenoxy) is 3. The number of anilines is 1. The quantitative estimate of drug-likeness (QED) is 0.163. The largest absolute Gasteiger partial charge is 0.446 e. The lowest BCUT2D eigenvalue weighted by molar-refractivity contribution is -0.117. The molecule has 4 rings (SSSR count). The molecule has 5 unspecified atom stereocenters. The maximum absolute atomic E-state index is 14.0. The normalized spacial score (nSPS) is 24.5. The van der Waals surface area contributed by atoms with E-state index in [4.69, 9.17) is 19.9 Å². The number of nitrogens with zero attached hydrogens (tertiary/aromatic N) is 1. The fourth-order valence-electron chi connectivity index (χ4n) is 5.89. The minimum atomic E-state index is -1.51. The fourth-order valence-corrected chi connectivity index (χ4v) is 7.01. The lowest BCUT2D eigenvalue weighted by atomic mass is 9.74. The van der Waals surface area contributed by atoms with Crippen molar-refractivity contribution in [1.29, 1.82) is 0 Å². The van der Waals surface area contributed by atoms with E-state index in [0.29, 0.717) is 37.6 Å². The Morgan fingerprint density at radius 1 is 1.17 bits per heavy atom. The van der Waals surface area contributed by atoms with Crippen LogP contribution in [0.5, 0.6) is 0 Å². The molecule has 1 amide bonds. The minimum absolute atomic E-state index is 0.111. The summed E-state index contributed by atoms with van der Waals surface area (Å²) in [5.74, 6) is -3.02. The second-order valence-corrected chi connectivity index (χ2v) is 13.1. The number of nitrogens with one attached hydrogen (secondary N) is 1. The summed E-state index contributed by atoms with van der Waals surface area (Å²) in [7, 11) is 1.64. The van der Waals surface area contributed by atoms with Crippen LogP contribution >= 0.6 is 11.9 Å². The highest BCUT2D eigenvalue weighted by Gasteiger charge is 2.45. The molecule has 1 aliphatic carbocycles. The first-order valence-corrected chi connectivity index (χ1v) is 15.3. The van der Waals surface area contributed by atoms with Gasteiger partial charge in [0.15, 0.2) is 23.7 Å². The van der Waals surface area contributed by atoms with E-state index in [-0.39, 0.29) is 42.1 Å². The van der Waals surface area contributed by atoms with Gasteiger partial charge in [-0.3, -0.25) is 0 Å². The highest BCUT2D eigenvalue weighted by Crippen LogP contribution is 2.42. The lowest BCUT2D eigenvalue weighted by Gasteiger charge is -2.36. The second-order valence-electron chi connectivity index (χ2n) is 11.9. The van der Waals surface area contributed by atoms with Crippen molar-refractivity contribution in [3.63, 3.8) is 0 Å². The predicted molar refractivity (Wildman–Crippen MR) is 157 cm³/mol.